The fraction of sp³-hybridized carbons (Fsp3) is 0.211. The highest BCUT2D eigenvalue weighted by Crippen LogP contribution is 2.37. The molecular weight excluding hydrogens is 342 g/mol. The average Bonchev–Trinajstić information content (AvgIpc) is 2.68. The highest BCUT2D eigenvalue weighted by Gasteiger charge is 2.27. The van der Waals surface area contributed by atoms with E-state index in [1.165, 1.54) is 6.20 Å². The van der Waals surface area contributed by atoms with E-state index < -0.39 is 5.91 Å². The Balaban J connectivity index is 1.86. The topological polar surface area (TPSA) is 101 Å². The van der Waals surface area contributed by atoms with Crippen molar-refractivity contribution in [2.45, 2.75) is 6.92 Å². The van der Waals surface area contributed by atoms with Crippen LogP contribution in [0.1, 0.15) is 16.1 Å². The minimum Gasteiger partial charge on any atom is -0.369 e. The molecule has 0 unspecified atom stereocenters. The summed E-state index contributed by atoms with van der Waals surface area (Å²) in [4.78, 5) is 33.7. The number of anilines is 3. The first-order valence-corrected chi connectivity index (χ1v) is 8.58. The molecule has 1 aliphatic heterocycles. The number of primary amides is 1. The van der Waals surface area contributed by atoms with Crippen LogP contribution in [-0.4, -0.2) is 46.0 Å². The van der Waals surface area contributed by atoms with Crippen LogP contribution in [0.3, 0.4) is 0 Å². The SMILES string of the molecule is Cc1cccc(-c2ncc3c(n2)N(c2ccncc2C(N)=O)CCN3C)n1. The first kappa shape index (κ1) is 16.9. The van der Waals surface area contributed by atoms with Gasteiger partial charge in [0, 0.05) is 38.2 Å². The Morgan fingerprint density at radius 2 is 1.96 bits per heavy atom. The van der Waals surface area contributed by atoms with Gasteiger partial charge in [0.25, 0.3) is 5.91 Å². The summed E-state index contributed by atoms with van der Waals surface area (Å²) in [7, 11) is 1.99. The fourth-order valence-corrected chi connectivity index (χ4v) is 3.15. The van der Waals surface area contributed by atoms with Crippen molar-refractivity contribution in [2.24, 2.45) is 5.73 Å². The van der Waals surface area contributed by atoms with Crippen molar-refractivity contribution in [3.63, 3.8) is 0 Å². The zero-order valence-electron chi connectivity index (χ0n) is 15.1. The van der Waals surface area contributed by atoms with Gasteiger partial charge in [0.05, 0.1) is 23.1 Å². The van der Waals surface area contributed by atoms with Crippen LogP contribution in [0.4, 0.5) is 17.2 Å². The number of pyridine rings is 2. The smallest absolute Gasteiger partial charge is 0.252 e. The largest absolute Gasteiger partial charge is 0.369 e. The van der Waals surface area contributed by atoms with Crippen LogP contribution in [0.25, 0.3) is 11.5 Å². The number of fused-ring (bicyclic) bond motifs is 1. The second kappa shape index (κ2) is 6.64. The zero-order valence-corrected chi connectivity index (χ0v) is 15.1. The van der Waals surface area contributed by atoms with E-state index in [1.807, 2.05) is 37.1 Å². The van der Waals surface area contributed by atoms with Crippen molar-refractivity contribution in [2.75, 3.05) is 29.9 Å². The number of carbonyl (C=O) groups excluding carboxylic acids is 1. The van der Waals surface area contributed by atoms with Gasteiger partial charge in [-0.25, -0.2) is 15.0 Å². The molecule has 0 aromatic carbocycles. The molecule has 8 heteroatoms. The number of rotatable bonds is 3. The van der Waals surface area contributed by atoms with E-state index in [2.05, 4.69) is 19.9 Å². The Morgan fingerprint density at radius 1 is 1.11 bits per heavy atom. The second-order valence-corrected chi connectivity index (χ2v) is 6.40. The number of likely N-dealkylation sites (N-methyl/N-ethyl adjacent to an activating group) is 1. The molecule has 0 saturated heterocycles. The summed E-state index contributed by atoms with van der Waals surface area (Å²) in [5, 5.41) is 0. The Hall–Kier alpha value is -3.55. The molecular formula is C19H19N7O. The molecule has 0 atom stereocenters. The van der Waals surface area contributed by atoms with Crippen molar-refractivity contribution >= 4 is 23.1 Å². The molecule has 0 saturated carbocycles. The maximum atomic E-state index is 11.9. The normalized spacial score (nSPS) is 13.4. The van der Waals surface area contributed by atoms with Crippen molar-refractivity contribution < 1.29 is 4.79 Å². The predicted molar refractivity (Wildman–Crippen MR) is 103 cm³/mol. The lowest BCUT2D eigenvalue weighted by molar-refractivity contribution is 0.100. The van der Waals surface area contributed by atoms with Gasteiger partial charge in [0.15, 0.2) is 11.6 Å². The summed E-state index contributed by atoms with van der Waals surface area (Å²) in [6.07, 6.45) is 4.92. The third-order valence-corrected chi connectivity index (χ3v) is 4.55. The fourth-order valence-electron chi connectivity index (χ4n) is 3.15. The van der Waals surface area contributed by atoms with Gasteiger partial charge < -0.3 is 15.5 Å². The lowest BCUT2D eigenvalue weighted by Gasteiger charge is -2.36. The van der Waals surface area contributed by atoms with E-state index in [1.54, 1.807) is 18.5 Å². The minimum atomic E-state index is -0.520. The van der Waals surface area contributed by atoms with Crippen molar-refractivity contribution in [3.05, 3.63) is 54.1 Å². The van der Waals surface area contributed by atoms with Gasteiger partial charge in [-0.2, -0.15) is 0 Å². The maximum Gasteiger partial charge on any atom is 0.252 e. The summed E-state index contributed by atoms with van der Waals surface area (Å²) in [6.45, 7) is 3.35. The molecule has 0 fully saturated rings. The van der Waals surface area contributed by atoms with Gasteiger partial charge in [-0.3, -0.25) is 9.78 Å². The van der Waals surface area contributed by atoms with E-state index in [0.29, 0.717) is 35.1 Å². The summed E-state index contributed by atoms with van der Waals surface area (Å²) in [6, 6.07) is 7.52. The van der Waals surface area contributed by atoms with Crippen LogP contribution in [0, 0.1) is 6.92 Å². The van der Waals surface area contributed by atoms with E-state index in [0.717, 1.165) is 17.9 Å². The van der Waals surface area contributed by atoms with Crippen LogP contribution in [0.5, 0.6) is 0 Å². The summed E-state index contributed by atoms with van der Waals surface area (Å²) in [5.74, 6) is 0.728. The average molecular weight is 361 g/mol. The Bertz CT molecular complexity index is 1020. The number of amides is 1. The molecule has 4 rings (SSSR count). The van der Waals surface area contributed by atoms with Crippen molar-refractivity contribution in [1.82, 2.24) is 19.9 Å². The monoisotopic (exact) mass is 361 g/mol. The number of hydrogen-bond donors (Lipinski definition) is 1. The molecule has 4 heterocycles. The molecule has 2 N–H and O–H groups in total. The molecule has 0 bridgehead atoms. The Kier molecular flexibility index (Phi) is 4.15. The first-order chi connectivity index (χ1) is 13.0. The molecule has 0 spiro atoms. The lowest BCUT2D eigenvalue weighted by atomic mass is 10.1. The Morgan fingerprint density at radius 3 is 2.74 bits per heavy atom. The third kappa shape index (κ3) is 3.05. The molecule has 3 aromatic rings. The van der Waals surface area contributed by atoms with E-state index >= 15 is 0 Å². The van der Waals surface area contributed by atoms with Gasteiger partial charge in [0.1, 0.15) is 5.69 Å². The third-order valence-electron chi connectivity index (χ3n) is 4.55. The first-order valence-electron chi connectivity index (χ1n) is 8.58. The molecule has 0 radical (unpaired) electrons. The molecule has 8 nitrogen and oxygen atoms in total. The summed E-state index contributed by atoms with van der Waals surface area (Å²) in [5.41, 5.74) is 9.08. The van der Waals surface area contributed by atoms with E-state index in [-0.39, 0.29) is 0 Å². The number of hydrogen-bond acceptors (Lipinski definition) is 7. The standard InChI is InChI=1S/C19H19N7O/c1-12-4-3-5-14(23-12)18-22-11-16-19(24-18)26(9-8-25(16)2)15-6-7-21-10-13(15)17(20)27/h3-7,10-11H,8-9H2,1-2H3,(H2,20,27). The maximum absolute atomic E-state index is 11.9. The van der Waals surface area contributed by atoms with Crippen LogP contribution >= 0.6 is 0 Å². The van der Waals surface area contributed by atoms with Gasteiger partial charge in [-0.1, -0.05) is 6.07 Å². The molecule has 1 aliphatic rings. The van der Waals surface area contributed by atoms with Crippen molar-refractivity contribution in [1.29, 1.82) is 0 Å². The number of carbonyl (C=O) groups is 1. The van der Waals surface area contributed by atoms with Crippen molar-refractivity contribution in [3.8, 4) is 11.5 Å². The van der Waals surface area contributed by atoms with Crippen LogP contribution in [-0.2, 0) is 0 Å². The summed E-state index contributed by atoms with van der Waals surface area (Å²) >= 11 is 0. The molecule has 0 aliphatic carbocycles. The number of aromatic nitrogens is 4. The number of aryl methyl sites for hydroxylation is 1. The number of nitrogens with two attached hydrogens (primary N) is 1. The molecule has 3 aromatic heterocycles. The van der Waals surface area contributed by atoms with Crippen LogP contribution < -0.4 is 15.5 Å². The number of nitrogens with zero attached hydrogens (tertiary/aromatic N) is 6. The zero-order chi connectivity index (χ0) is 19.0. The van der Waals surface area contributed by atoms with Crippen LogP contribution in [0.2, 0.25) is 0 Å². The van der Waals surface area contributed by atoms with Gasteiger partial charge in [0.2, 0.25) is 0 Å². The van der Waals surface area contributed by atoms with Gasteiger partial charge >= 0.3 is 0 Å². The molecule has 1 amide bonds. The lowest BCUT2D eigenvalue weighted by Crippen LogP contribution is -2.38. The molecule has 136 valence electrons. The van der Waals surface area contributed by atoms with E-state index in [4.69, 9.17) is 10.7 Å². The second-order valence-electron chi connectivity index (χ2n) is 6.40. The van der Waals surface area contributed by atoms with E-state index in [9.17, 15) is 4.79 Å². The predicted octanol–water partition coefficient (Wildman–Crippen LogP) is 1.93. The highest BCUT2D eigenvalue weighted by atomic mass is 16.1. The Labute approximate surface area is 156 Å². The van der Waals surface area contributed by atoms with Gasteiger partial charge in [-0.15, -0.1) is 0 Å². The summed E-state index contributed by atoms with van der Waals surface area (Å²) < 4.78 is 0. The minimum absolute atomic E-state index is 0.363. The molecule has 27 heavy (non-hydrogen) atoms. The highest BCUT2D eigenvalue weighted by molar-refractivity contribution is 5.99. The van der Waals surface area contributed by atoms with Gasteiger partial charge in [-0.05, 0) is 25.1 Å². The van der Waals surface area contributed by atoms with Crippen LogP contribution in [0.15, 0.2) is 42.9 Å². The quantitative estimate of drug-likeness (QED) is 0.760.